The number of esters is 2. The van der Waals surface area contributed by atoms with Crippen LogP contribution in [0.3, 0.4) is 0 Å². The molecule has 0 bridgehead atoms. The van der Waals surface area contributed by atoms with Gasteiger partial charge in [0.25, 0.3) is 0 Å². The van der Waals surface area contributed by atoms with Crippen LogP contribution in [0.15, 0.2) is 12.2 Å². The van der Waals surface area contributed by atoms with E-state index in [1.807, 2.05) is 0 Å². The minimum atomic E-state index is -0.768. The van der Waals surface area contributed by atoms with E-state index in [9.17, 15) is 14.7 Å². The van der Waals surface area contributed by atoms with Crippen molar-refractivity contribution in [3.05, 3.63) is 12.2 Å². The lowest BCUT2D eigenvalue weighted by molar-refractivity contribution is -0.161. The lowest BCUT2D eigenvalue weighted by atomic mass is 10.0. The molecule has 1 atom stereocenters. The summed E-state index contributed by atoms with van der Waals surface area (Å²) < 4.78 is 10.6. The van der Waals surface area contributed by atoms with Gasteiger partial charge in [0.1, 0.15) is 6.61 Å². The van der Waals surface area contributed by atoms with E-state index < -0.39 is 6.10 Å². The summed E-state index contributed by atoms with van der Waals surface area (Å²) in [5.74, 6) is -0.592. The number of allylic oxidation sites excluding steroid dienone is 2. The predicted molar refractivity (Wildman–Crippen MR) is 187 cm³/mol. The molecule has 0 radical (unpaired) electrons. The molecule has 0 unspecified atom stereocenters. The second-order valence-electron chi connectivity index (χ2n) is 13.0. The molecule has 0 amide bonds. The third-order valence-corrected chi connectivity index (χ3v) is 8.56. The maximum atomic E-state index is 12.1. The first kappa shape index (κ1) is 42.6. The van der Waals surface area contributed by atoms with Crippen molar-refractivity contribution in [3.63, 3.8) is 0 Å². The number of aliphatic hydroxyl groups excluding tert-OH is 1. The number of hydrogen-bond acceptors (Lipinski definition) is 5. The molecule has 260 valence electrons. The zero-order chi connectivity index (χ0) is 32.2. The lowest BCUT2D eigenvalue weighted by Crippen LogP contribution is -2.28. The van der Waals surface area contributed by atoms with Gasteiger partial charge in [-0.1, -0.05) is 167 Å². The van der Waals surface area contributed by atoms with Crippen LogP contribution >= 0.6 is 0 Å². The maximum Gasteiger partial charge on any atom is 0.306 e. The predicted octanol–water partition coefficient (Wildman–Crippen LogP) is 11.7. The Bertz CT molecular complexity index is 632. The molecule has 44 heavy (non-hydrogen) atoms. The van der Waals surface area contributed by atoms with Crippen LogP contribution in [0.1, 0.15) is 206 Å². The molecule has 0 aliphatic carbocycles. The minimum absolute atomic E-state index is 0.0633. The normalized spacial score (nSPS) is 12.2. The highest BCUT2D eigenvalue weighted by molar-refractivity contribution is 5.70. The number of aliphatic hydroxyl groups is 1. The van der Waals surface area contributed by atoms with Gasteiger partial charge in [-0.3, -0.25) is 9.59 Å². The van der Waals surface area contributed by atoms with E-state index in [0.717, 1.165) is 38.5 Å². The first-order valence-corrected chi connectivity index (χ1v) is 19.2. The van der Waals surface area contributed by atoms with Gasteiger partial charge in [0.2, 0.25) is 0 Å². The van der Waals surface area contributed by atoms with Crippen LogP contribution in [0.4, 0.5) is 0 Å². The smallest absolute Gasteiger partial charge is 0.306 e. The molecule has 0 aromatic rings. The summed E-state index contributed by atoms with van der Waals surface area (Å²) in [6.07, 6.45) is 39.8. The molecule has 0 aliphatic heterocycles. The Morgan fingerprint density at radius 2 is 0.841 bits per heavy atom. The van der Waals surface area contributed by atoms with Gasteiger partial charge in [0.05, 0.1) is 6.61 Å². The first-order valence-electron chi connectivity index (χ1n) is 19.2. The molecule has 1 N–H and O–H groups in total. The zero-order valence-electron chi connectivity index (χ0n) is 29.4. The van der Waals surface area contributed by atoms with Gasteiger partial charge >= 0.3 is 11.9 Å². The first-order chi connectivity index (χ1) is 21.6. The van der Waals surface area contributed by atoms with Crippen LogP contribution in [-0.4, -0.2) is 36.4 Å². The molecular weight excluding hydrogens is 548 g/mol. The minimum Gasteiger partial charge on any atom is -0.462 e. The van der Waals surface area contributed by atoms with Crippen molar-refractivity contribution in [2.75, 3.05) is 13.2 Å². The maximum absolute atomic E-state index is 12.1. The molecule has 0 aliphatic rings. The Labute approximate surface area is 273 Å². The Morgan fingerprint density at radius 1 is 0.500 bits per heavy atom. The van der Waals surface area contributed by atoms with Crippen LogP contribution in [0, 0.1) is 0 Å². The SMILES string of the molecule is CCCCCC/C=C/CCCCCCCC(=O)O[C@@H](CO)COC(=O)CCCCCCCCCCCCCCCCCCC. The van der Waals surface area contributed by atoms with Gasteiger partial charge < -0.3 is 14.6 Å². The van der Waals surface area contributed by atoms with Gasteiger partial charge in [-0.05, 0) is 38.5 Å². The summed E-state index contributed by atoms with van der Waals surface area (Å²) in [6, 6.07) is 0. The topological polar surface area (TPSA) is 72.8 Å². The van der Waals surface area contributed by atoms with Crippen molar-refractivity contribution in [2.24, 2.45) is 0 Å². The molecule has 0 aromatic carbocycles. The summed E-state index contributed by atoms with van der Waals surface area (Å²) in [4.78, 5) is 24.2. The summed E-state index contributed by atoms with van der Waals surface area (Å²) in [5.41, 5.74) is 0. The summed E-state index contributed by atoms with van der Waals surface area (Å²) in [7, 11) is 0. The van der Waals surface area contributed by atoms with Crippen LogP contribution in [0.25, 0.3) is 0 Å². The van der Waals surface area contributed by atoms with Crippen molar-refractivity contribution in [1.82, 2.24) is 0 Å². The van der Waals surface area contributed by atoms with E-state index >= 15 is 0 Å². The molecule has 0 fully saturated rings. The van der Waals surface area contributed by atoms with E-state index in [0.29, 0.717) is 12.8 Å². The highest BCUT2D eigenvalue weighted by atomic mass is 16.6. The zero-order valence-corrected chi connectivity index (χ0v) is 29.4. The highest BCUT2D eigenvalue weighted by Gasteiger charge is 2.16. The number of unbranched alkanes of at least 4 members (excludes halogenated alkanes) is 25. The van der Waals surface area contributed by atoms with Crippen molar-refractivity contribution in [2.45, 2.75) is 213 Å². The Morgan fingerprint density at radius 3 is 1.25 bits per heavy atom. The van der Waals surface area contributed by atoms with E-state index in [-0.39, 0.29) is 25.2 Å². The van der Waals surface area contributed by atoms with Crippen molar-refractivity contribution >= 4 is 11.9 Å². The number of carbonyl (C=O) groups excluding carboxylic acids is 2. The van der Waals surface area contributed by atoms with Gasteiger partial charge in [-0.15, -0.1) is 0 Å². The van der Waals surface area contributed by atoms with Crippen molar-refractivity contribution < 1.29 is 24.2 Å². The van der Waals surface area contributed by atoms with Gasteiger partial charge in [0.15, 0.2) is 6.10 Å². The summed E-state index contributed by atoms with van der Waals surface area (Å²) in [5, 5.41) is 9.53. The summed E-state index contributed by atoms with van der Waals surface area (Å²) >= 11 is 0. The fourth-order valence-electron chi connectivity index (χ4n) is 5.61. The number of ether oxygens (including phenoxy) is 2. The lowest BCUT2D eigenvalue weighted by Gasteiger charge is -2.15. The van der Waals surface area contributed by atoms with Crippen molar-refractivity contribution in [3.8, 4) is 0 Å². The average Bonchev–Trinajstić information content (AvgIpc) is 3.02. The number of carbonyl (C=O) groups is 2. The van der Waals surface area contributed by atoms with Crippen LogP contribution in [0.2, 0.25) is 0 Å². The molecule has 0 aromatic heterocycles. The second kappa shape index (κ2) is 36.1. The Hall–Kier alpha value is -1.36. The molecule has 0 rings (SSSR count). The molecular formula is C39H74O5. The standard InChI is InChI=1S/C39H74O5/c1-3-5-7-9-11-13-15-17-18-19-20-22-23-25-27-29-31-33-38(41)43-36-37(35-40)44-39(42)34-32-30-28-26-24-21-16-14-12-10-8-6-4-2/h14,16,37,40H,3-13,15,17-36H2,1-2H3/b16-14+/t37-/m0/s1. The van der Waals surface area contributed by atoms with Crippen LogP contribution in [-0.2, 0) is 19.1 Å². The monoisotopic (exact) mass is 623 g/mol. The highest BCUT2D eigenvalue weighted by Crippen LogP contribution is 2.15. The molecule has 0 saturated heterocycles. The van der Waals surface area contributed by atoms with Gasteiger partial charge in [-0.25, -0.2) is 0 Å². The fourth-order valence-corrected chi connectivity index (χ4v) is 5.61. The third kappa shape index (κ3) is 33.5. The van der Waals surface area contributed by atoms with Crippen LogP contribution < -0.4 is 0 Å². The van der Waals surface area contributed by atoms with Gasteiger partial charge in [-0.2, -0.15) is 0 Å². The molecule has 5 heteroatoms. The average molecular weight is 623 g/mol. The Kier molecular flexibility index (Phi) is 35.0. The Balaban J connectivity index is 3.52. The number of hydrogen-bond donors (Lipinski definition) is 1. The summed E-state index contributed by atoms with van der Waals surface area (Å²) in [6.45, 7) is 4.13. The van der Waals surface area contributed by atoms with Gasteiger partial charge in [0, 0.05) is 12.8 Å². The van der Waals surface area contributed by atoms with E-state index in [4.69, 9.17) is 9.47 Å². The van der Waals surface area contributed by atoms with Crippen LogP contribution in [0.5, 0.6) is 0 Å². The second-order valence-corrected chi connectivity index (χ2v) is 13.0. The third-order valence-electron chi connectivity index (χ3n) is 8.56. The molecule has 0 spiro atoms. The van der Waals surface area contributed by atoms with E-state index in [1.165, 1.54) is 141 Å². The quantitative estimate of drug-likeness (QED) is 0.0432. The van der Waals surface area contributed by atoms with Crippen molar-refractivity contribution in [1.29, 1.82) is 0 Å². The molecule has 0 saturated carbocycles. The fraction of sp³-hybridized carbons (Fsp3) is 0.897. The molecule has 5 nitrogen and oxygen atoms in total. The van der Waals surface area contributed by atoms with E-state index in [2.05, 4.69) is 26.0 Å². The largest absolute Gasteiger partial charge is 0.462 e. The van der Waals surface area contributed by atoms with E-state index in [1.54, 1.807) is 0 Å². The number of rotatable bonds is 35. The molecule has 0 heterocycles.